The second kappa shape index (κ2) is 6.27. The van der Waals surface area contributed by atoms with Crippen molar-refractivity contribution in [2.75, 3.05) is 6.54 Å². The minimum Gasteiger partial charge on any atom is -0.386 e. The van der Waals surface area contributed by atoms with Gasteiger partial charge >= 0.3 is 0 Å². The first kappa shape index (κ1) is 13.5. The van der Waals surface area contributed by atoms with E-state index in [9.17, 15) is 8.78 Å². The molecule has 0 aliphatic carbocycles. The third-order valence-electron chi connectivity index (χ3n) is 2.17. The van der Waals surface area contributed by atoms with Crippen LogP contribution in [0, 0.1) is 6.92 Å². The lowest BCUT2D eigenvalue weighted by atomic mass is 10.1. The Balaban J connectivity index is 2.43. The Labute approximate surface area is 102 Å². The van der Waals surface area contributed by atoms with Crippen LogP contribution in [-0.4, -0.2) is 24.2 Å². The molecular weight excluding hydrogens is 280 g/mol. The Morgan fingerprint density at radius 3 is 2.69 bits per heavy atom. The Kier molecular flexibility index (Phi) is 5.31. The number of aliphatic hydroxyl groups is 1. The summed E-state index contributed by atoms with van der Waals surface area (Å²) in [4.78, 5) is 0. The van der Waals surface area contributed by atoms with Gasteiger partial charge in [0.25, 0.3) is 6.43 Å². The average Bonchev–Trinajstić information content (AvgIpc) is 2.20. The maximum Gasteiger partial charge on any atom is 0.265 e. The van der Waals surface area contributed by atoms with E-state index in [1.807, 2.05) is 25.1 Å². The van der Waals surface area contributed by atoms with Crippen LogP contribution in [0.25, 0.3) is 0 Å². The number of hydrogen-bond donors (Lipinski definition) is 2. The molecule has 1 rings (SSSR count). The molecule has 0 saturated carbocycles. The van der Waals surface area contributed by atoms with E-state index in [4.69, 9.17) is 5.11 Å². The van der Waals surface area contributed by atoms with Gasteiger partial charge < -0.3 is 10.4 Å². The summed E-state index contributed by atoms with van der Waals surface area (Å²) in [6.07, 6.45) is -4.31. The van der Waals surface area contributed by atoms with Crippen molar-refractivity contribution in [1.82, 2.24) is 5.32 Å². The molecule has 16 heavy (non-hydrogen) atoms. The first-order valence-corrected chi connectivity index (χ1v) is 5.72. The number of aliphatic hydroxyl groups excluding tert-OH is 1. The smallest absolute Gasteiger partial charge is 0.265 e. The normalized spacial score (nSPS) is 13.1. The van der Waals surface area contributed by atoms with E-state index in [2.05, 4.69) is 21.2 Å². The summed E-state index contributed by atoms with van der Waals surface area (Å²) >= 11 is 3.39. The standard InChI is InChI=1S/C11H14BrF2NO/c1-7-2-3-8(9(12)4-7)5-15-6-10(16)11(13)14/h2-4,10-11,15-16H,5-6H2,1H3. The van der Waals surface area contributed by atoms with Crippen molar-refractivity contribution in [1.29, 1.82) is 0 Å². The molecule has 2 N–H and O–H groups in total. The summed E-state index contributed by atoms with van der Waals surface area (Å²) in [7, 11) is 0. The number of benzene rings is 1. The number of alkyl halides is 2. The zero-order chi connectivity index (χ0) is 12.1. The zero-order valence-electron chi connectivity index (χ0n) is 8.88. The highest BCUT2D eigenvalue weighted by molar-refractivity contribution is 9.10. The predicted octanol–water partition coefficient (Wildman–Crippen LogP) is 2.47. The largest absolute Gasteiger partial charge is 0.386 e. The first-order chi connectivity index (χ1) is 7.50. The lowest BCUT2D eigenvalue weighted by molar-refractivity contribution is -0.00341. The molecule has 0 radical (unpaired) electrons. The van der Waals surface area contributed by atoms with E-state index in [1.54, 1.807) is 0 Å². The molecule has 1 aromatic rings. The molecule has 0 heterocycles. The van der Waals surface area contributed by atoms with Crippen LogP contribution in [0.3, 0.4) is 0 Å². The maximum absolute atomic E-state index is 12.0. The average molecular weight is 294 g/mol. The Hall–Kier alpha value is -0.520. The first-order valence-electron chi connectivity index (χ1n) is 4.92. The molecule has 90 valence electrons. The number of nitrogens with one attached hydrogen (secondary N) is 1. The SMILES string of the molecule is Cc1ccc(CNCC(O)C(F)F)c(Br)c1. The van der Waals surface area contributed by atoms with E-state index < -0.39 is 12.5 Å². The Morgan fingerprint density at radius 2 is 2.12 bits per heavy atom. The third-order valence-corrected chi connectivity index (χ3v) is 2.91. The van der Waals surface area contributed by atoms with Gasteiger partial charge in [-0.3, -0.25) is 0 Å². The van der Waals surface area contributed by atoms with E-state index >= 15 is 0 Å². The molecule has 0 aliphatic rings. The predicted molar refractivity (Wildman–Crippen MR) is 62.6 cm³/mol. The minimum absolute atomic E-state index is 0.113. The lowest BCUT2D eigenvalue weighted by Crippen LogP contribution is -2.31. The van der Waals surface area contributed by atoms with E-state index in [1.165, 1.54) is 0 Å². The van der Waals surface area contributed by atoms with Crippen LogP contribution in [0.15, 0.2) is 22.7 Å². The van der Waals surface area contributed by atoms with Crippen molar-refractivity contribution in [2.45, 2.75) is 26.0 Å². The topological polar surface area (TPSA) is 32.3 Å². The fourth-order valence-electron chi connectivity index (χ4n) is 1.24. The molecule has 1 aromatic carbocycles. The summed E-state index contributed by atoms with van der Waals surface area (Å²) in [5, 5.41) is 11.7. The second-order valence-corrected chi connectivity index (χ2v) is 4.48. The van der Waals surface area contributed by atoms with Crippen LogP contribution in [-0.2, 0) is 6.54 Å². The Morgan fingerprint density at radius 1 is 1.44 bits per heavy atom. The molecule has 0 bridgehead atoms. The molecule has 5 heteroatoms. The van der Waals surface area contributed by atoms with Gasteiger partial charge in [-0.15, -0.1) is 0 Å². The van der Waals surface area contributed by atoms with Crippen LogP contribution in [0.1, 0.15) is 11.1 Å². The van der Waals surface area contributed by atoms with Gasteiger partial charge in [0.2, 0.25) is 0 Å². The van der Waals surface area contributed by atoms with Crippen molar-refractivity contribution in [3.05, 3.63) is 33.8 Å². The summed E-state index contributed by atoms with van der Waals surface area (Å²) in [6.45, 7) is 2.31. The van der Waals surface area contributed by atoms with E-state index in [-0.39, 0.29) is 6.54 Å². The van der Waals surface area contributed by atoms with Crippen LogP contribution >= 0.6 is 15.9 Å². The number of rotatable bonds is 5. The van der Waals surface area contributed by atoms with Crippen molar-refractivity contribution < 1.29 is 13.9 Å². The van der Waals surface area contributed by atoms with Gasteiger partial charge in [0.05, 0.1) is 0 Å². The van der Waals surface area contributed by atoms with Gasteiger partial charge in [0.15, 0.2) is 0 Å². The number of aryl methyl sites for hydroxylation is 1. The van der Waals surface area contributed by atoms with Crippen LogP contribution in [0.4, 0.5) is 8.78 Å². The van der Waals surface area contributed by atoms with Crippen LogP contribution < -0.4 is 5.32 Å². The zero-order valence-corrected chi connectivity index (χ0v) is 10.5. The molecule has 0 aromatic heterocycles. The van der Waals surface area contributed by atoms with E-state index in [0.717, 1.165) is 15.6 Å². The van der Waals surface area contributed by atoms with Gasteiger partial charge in [0, 0.05) is 17.6 Å². The fraction of sp³-hybridized carbons (Fsp3) is 0.455. The molecule has 0 saturated heterocycles. The molecule has 1 atom stereocenters. The third kappa shape index (κ3) is 4.15. The molecule has 1 unspecified atom stereocenters. The molecular formula is C11H14BrF2NO. The molecule has 0 spiro atoms. The molecule has 0 amide bonds. The molecule has 2 nitrogen and oxygen atoms in total. The van der Waals surface area contributed by atoms with Crippen molar-refractivity contribution in [2.24, 2.45) is 0 Å². The highest BCUT2D eigenvalue weighted by atomic mass is 79.9. The summed E-state index contributed by atoms with van der Waals surface area (Å²) < 4.78 is 24.9. The van der Waals surface area contributed by atoms with Crippen molar-refractivity contribution in [3.63, 3.8) is 0 Å². The van der Waals surface area contributed by atoms with Gasteiger partial charge in [0.1, 0.15) is 6.10 Å². The summed E-state index contributed by atoms with van der Waals surface area (Å²) in [5.41, 5.74) is 2.11. The summed E-state index contributed by atoms with van der Waals surface area (Å²) in [6, 6.07) is 5.83. The fourth-order valence-corrected chi connectivity index (χ4v) is 1.87. The summed E-state index contributed by atoms with van der Waals surface area (Å²) in [5.74, 6) is 0. The highest BCUT2D eigenvalue weighted by Crippen LogP contribution is 2.18. The van der Waals surface area contributed by atoms with Gasteiger partial charge in [-0.05, 0) is 24.1 Å². The number of halogens is 3. The number of hydrogen-bond acceptors (Lipinski definition) is 2. The second-order valence-electron chi connectivity index (χ2n) is 3.63. The van der Waals surface area contributed by atoms with Crippen LogP contribution in [0.2, 0.25) is 0 Å². The molecule has 0 fully saturated rings. The van der Waals surface area contributed by atoms with Crippen LogP contribution in [0.5, 0.6) is 0 Å². The Bertz CT molecular complexity index is 347. The van der Waals surface area contributed by atoms with Gasteiger partial charge in [-0.25, -0.2) is 8.78 Å². The highest BCUT2D eigenvalue weighted by Gasteiger charge is 2.15. The minimum atomic E-state index is -2.70. The monoisotopic (exact) mass is 293 g/mol. The molecule has 0 aliphatic heterocycles. The lowest BCUT2D eigenvalue weighted by Gasteiger charge is -2.11. The van der Waals surface area contributed by atoms with Crippen molar-refractivity contribution in [3.8, 4) is 0 Å². The quantitative estimate of drug-likeness (QED) is 0.874. The van der Waals surface area contributed by atoms with Crippen molar-refractivity contribution >= 4 is 15.9 Å². The van der Waals surface area contributed by atoms with Gasteiger partial charge in [-0.2, -0.15) is 0 Å². The maximum atomic E-state index is 12.0. The van der Waals surface area contributed by atoms with E-state index in [0.29, 0.717) is 6.54 Å². The van der Waals surface area contributed by atoms with Gasteiger partial charge in [-0.1, -0.05) is 28.1 Å².